The highest BCUT2D eigenvalue weighted by Crippen LogP contribution is 2.23. The number of aryl methyl sites for hydroxylation is 1. The van der Waals surface area contributed by atoms with E-state index in [9.17, 15) is 18.0 Å². The van der Waals surface area contributed by atoms with Crippen LogP contribution in [0.4, 0.5) is 19.0 Å². The Morgan fingerprint density at radius 1 is 1.13 bits per heavy atom. The number of carbonyl (C=O) groups is 1. The number of alkyl halides is 3. The first-order chi connectivity index (χ1) is 14.2. The van der Waals surface area contributed by atoms with Crippen LogP contribution in [0.1, 0.15) is 11.3 Å². The fourth-order valence-corrected chi connectivity index (χ4v) is 2.95. The third-order valence-electron chi connectivity index (χ3n) is 4.12. The van der Waals surface area contributed by atoms with Crippen molar-refractivity contribution in [1.82, 2.24) is 14.7 Å². The molecule has 0 atom stereocenters. The Morgan fingerprint density at radius 2 is 1.80 bits per heavy atom. The molecule has 0 bridgehead atoms. The number of aromatic nitrogens is 2. The molecule has 1 amide bonds. The molecule has 3 rings (SSSR count). The number of halogens is 3. The van der Waals surface area contributed by atoms with Crippen LogP contribution < -0.4 is 10.1 Å². The Morgan fingerprint density at radius 3 is 2.43 bits per heavy atom. The lowest BCUT2D eigenvalue weighted by atomic mass is 10.2. The van der Waals surface area contributed by atoms with Crippen molar-refractivity contribution in [1.29, 1.82) is 0 Å². The van der Waals surface area contributed by atoms with Crippen molar-refractivity contribution in [3.8, 4) is 11.4 Å². The summed E-state index contributed by atoms with van der Waals surface area (Å²) >= 11 is 0. The van der Waals surface area contributed by atoms with Crippen molar-refractivity contribution in [3.63, 3.8) is 0 Å². The van der Waals surface area contributed by atoms with Crippen LogP contribution in [0.2, 0.25) is 0 Å². The molecule has 0 radical (unpaired) electrons. The molecule has 30 heavy (non-hydrogen) atoms. The molecule has 0 saturated heterocycles. The summed E-state index contributed by atoms with van der Waals surface area (Å²) in [6.45, 7) is 2.32. The van der Waals surface area contributed by atoms with Gasteiger partial charge in [-0.05, 0) is 43.8 Å². The molecule has 0 unspecified atom stereocenters. The average molecular weight is 418 g/mol. The van der Waals surface area contributed by atoms with E-state index in [1.54, 1.807) is 22.7 Å². The summed E-state index contributed by atoms with van der Waals surface area (Å²) in [5, 5.41) is 7.27. The molecule has 0 fully saturated rings. The molecule has 0 aliphatic carbocycles. The summed E-state index contributed by atoms with van der Waals surface area (Å²) in [5.74, 6) is 0.0496. The molecule has 9 heteroatoms. The molecule has 158 valence electrons. The largest absolute Gasteiger partial charge is 0.573 e. The van der Waals surface area contributed by atoms with Crippen molar-refractivity contribution in [3.05, 3.63) is 71.9 Å². The van der Waals surface area contributed by atoms with Gasteiger partial charge in [-0.25, -0.2) is 4.68 Å². The van der Waals surface area contributed by atoms with Gasteiger partial charge >= 0.3 is 6.36 Å². The number of carbonyl (C=O) groups excluding carboxylic acids is 1. The minimum absolute atomic E-state index is 0.0970. The smallest absolute Gasteiger partial charge is 0.406 e. The maximum Gasteiger partial charge on any atom is 0.573 e. The van der Waals surface area contributed by atoms with Crippen LogP contribution in [0, 0.1) is 6.92 Å². The molecule has 2 aromatic carbocycles. The van der Waals surface area contributed by atoms with Crippen molar-refractivity contribution >= 4 is 11.7 Å². The molecule has 1 heterocycles. The lowest BCUT2D eigenvalue weighted by Gasteiger charge is -2.17. The molecule has 0 aliphatic heterocycles. The normalized spacial score (nSPS) is 11.5. The molecule has 1 aromatic heterocycles. The van der Waals surface area contributed by atoms with Gasteiger partial charge in [-0.15, -0.1) is 13.2 Å². The van der Waals surface area contributed by atoms with E-state index in [1.807, 2.05) is 37.3 Å². The summed E-state index contributed by atoms with van der Waals surface area (Å²) in [4.78, 5) is 14.2. The number of ether oxygens (including phenoxy) is 1. The first-order valence-electron chi connectivity index (χ1n) is 9.15. The second-order valence-electron chi connectivity index (χ2n) is 6.83. The SMILES string of the molecule is Cc1cc(NC(=O)CN(C)Cc2ccc(OC(F)(F)F)cc2)n(-c2ccccc2)n1. The summed E-state index contributed by atoms with van der Waals surface area (Å²) in [5.41, 5.74) is 2.35. The quantitative estimate of drug-likeness (QED) is 0.626. The summed E-state index contributed by atoms with van der Waals surface area (Å²) in [6, 6.07) is 16.8. The topological polar surface area (TPSA) is 59.4 Å². The zero-order valence-electron chi connectivity index (χ0n) is 16.5. The molecular formula is C21H21F3N4O2. The number of amides is 1. The first-order valence-corrected chi connectivity index (χ1v) is 9.15. The van der Waals surface area contributed by atoms with Crippen molar-refractivity contribution in [2.45, 2.75) is 19.8 Å². The average Bonchev–Trinajstić information content (AvgIpc) is 3.02. The Bertz CT molecular complexity index is 986. The lowest BCUT2D eigenvalue weighted by molar-refractivity contribution is -0.274. The predicted octanol–water partition coefficient (Wildman–Crippen LogP) is 4.15. The second kappa shape index (κ2) is 9.00. The monoisotopic (exact) mass is 418 g/mol. The van der Waals surface area contributed by atoms with E-state index < -0.39 is 6.36 Å². The maximum absolute atomic E-state index is 12.5. The number of hydrogen-bond acceptors (Lipinski definition) is 4. The second-order valence-corrected chi connectivity index (χ2v) is 6.83. The van der Waals surface area contributed by atoms with Gasteiger partial charge in [0.2, 0.25) is 5.91 Å². The Kier molecular flexibility index (Phi) is 6.41. The highest BCUT2D eigenvalue weighted by molar-refractivity contribution is 5.91. The van der Waals surface area contributed by atoms with Gasteiger partial charge in [0, 0.05) is 12.6 Å². The van der Waals surface area contributed by atoms with Crippen LogP contribution >= 0.6 is 0 Å². The molecule has 0 spiro atoms. The number of hydrogen-bond donors (Lipinski definition) is 1. The number of likely N-dealkylation sites (N-methyl/N-ethyl adjacent to an activating group) is 1. The number of nitrogens with zero attached hydrogens (tertiary/aromatic N) is 3. The van der Waals surface area contributed by atoms with E-state index in [0.717, 1.165) is 16.9 Å². The summed E-state index contributed by atoms with van der Waals surface area (Å²) in [7, 11) is 1.75. The number of benzene rings is 2. The molecule has 3 aromatic rings. The van der Waals surface area contributed by atoms with Crippen LogP contribution in [-0.2, 0) is 11.3 Å². The first kappa shape index (κ1) is 21.4. The molecule has 1 N–H and O–H groups in total. The van der Waals surface area contributed by atoms with Crippen LogP contribution in [-0.4, -0.2) is 40.5 Å². The van der Waals surface area contributed by atoms with Gasteiger partial charge in [0.05, 0.1) is 17.9 Å². The highest BCUT2D eigenvalue weighted by Gasteiger charge is 2.30. The van der Waals surface area contributed by atoms with E-state index in [1.165, 1.54) is 24.3 Å². The van der Waals surface area contributed by atoms with Gasteiger partial charge in [-0.1, -0.05) is 30.3 Å². The van der Waals surface area contributed by atoms with Gasteiger partial charge in [0.25, 0.3) is 0 Å². The Labute approximate surface area is 171 Å². The van der Waals surface area contributed by atoms with Crippen LogP contribution in [0.25, 0.3) is 5.69 Å². The number of rotatable bonds is 7. The molecule has 0 aliphatic rings. The fourth-order valence-electron chi connectivity index (χ4n) is 2.95. The summed E-state index contributed by atoms with van der Waals surface area (Å²) in [6.07, 6.45) is -4.72. The minimum atomic E-state index is -4.72. The van der Waals surface area contributed by atoms with Crippen molar-refractivity contribution < 1.29 is 22.7 Å². The van der Waals surface area contributed by atoms with Gasteiger partial charge in [0.15, 0.2) is 0 Å². The van der Waals surface area contributed by atoms with Gasteiger partial charge in [-0.2, -0.15) is 5.10 Å². The maximum atomic E-state index is 12.5. The number of anilines is 1. The van der Waals surface area contributed by atoms with E-state index in [4.69, 9.17) is 0 Å². The number of para-hydroxylation sites is 1. The van der Waals surface area contributed by atoms with Crippen LogP contribution in [0.5, 0.6) is 5.75 Å². The van der Waals surface area contributed by atoms with Gasteiger partial charge in [0.1, 0.15) is 11.6 Å². The van der Waals surface area contributed by atoms with Crippen molar-refractivity contribution in [2.75, 3.05) is 18.9 Å². The fraction of sp³-hybridized carbons (Fsp3) is 0.238. The molecule has 0 saturated carbocycles. The minimum Gasteiger partial charge on any atom is -0.406 e. The van der Waals surface area contributed by atoms with Crippen molar-refractivity contribution in [2.24, 2.45) is 0 Å². The Hall–Kier alpha value is -3.33. The van der Waals surface area contributed by atoms with Gasteiger partial charge < -0.3 is 10.1 Å². The van der Waals surface area contributed by atoms with Crippen LogP contribution in [0.3, 0.4) is 0 Å². The lowest BCUT2D eigenvalue weighted by Crippen LogP contribution is -2.30. The third-order valence-corrected chi connectivity index (χ3v) is 4.12. The zero-order chi connectivity index (χ0) is 21.7. The summed E-state index contributed by atoms with van der Waals surface area (Å²) < 4.78 is 42.2. The molecule has 6 nitrogen and oxygen atoms in total. The third kappa shape index (κ3) is 6.08. The highest BCUT2D eigenvalue weighted by atomic mass is 19.4. The number of nitrogens with one attached hydrogen (secondary N) is 1. The van der Waals surface area contributed by atoms with E-state index >= 15 is 0 Å². The van der Waals surface area contributed by atoms with Crippen LogP contribution in [0.15, 0.2) is 60.7 Å². The zero-order valence-corrected chi connectivity index (χ0v) is 16.5. The predicted molar refractivity (Wildman–Crippen MR) is 106 cm³/mol. The Balaban J connectivity index is 1.58. The standard InChI is InChI=1S/C21H21F3N4O2/c1-15-12-19(28(26-15)17-6-4-3-5-7-17)25-20(29)14-27(2)13-16-8-10-18(11-9-16)30-21(22,23)24/h3-12H,13-14H2,1-2H3,(H,25,29). The molecular weight excluding hydrogens is 397 g/mol. The van der Waals surface area contributed by atoms with Gasteiger partial charge in [-0.3, -0.25) is 9.69 Å². The van der Waals surface area contributed by atoms with E-state index in [0.29, 0.717) is 12.4 Å². The van der Waals surface area contributed by atoms with E-state index in [-0.39, 0.29) is 18.2 Å². The van der Waals surface area contributed by atoms with E-state index in [2.05, 4.69) is 15.2 Å².